The number of nitrogens with zero attached hydrogens (tertiary/aromatic N) is 3. The highest BCUT2D eigenvalue weighted by Crippen LogP contribution is 2.37. The lowest BCUT2D eigenvalue weighted by Gasteiger charge is -2.43. The second-order valence-corrected chi connectivity index (χ2v) is 7.05. The molecule has 0 aromatic carbocycles. The van der Waals surface area contributed by atoms with Crippen LogP contribution in [0.15, 0.2) is 4.47 Å². The zero-order chi connectivity index (χ0) is 15.0. The summed E-state index contributed by atoms with van der Waals surface area (Å²) < 4.78 is 0.827. The van der Waals surface area contributed by atoms with Crippen LogP contribution >= 0.6 is 15.9 Å². The van der Waals surface area contributed by atoms with Gasteiger partial charge in [-0.2, -0.15) is 5.10 Å². The molecule has 3 heterocycles. The predicted octanol–water partition coefficient (Wildman–Crippen LogP) is 2.44. The van der Waals surface area contributed by atoms with Crippen LogP contribution in [0.5, 0.6) is 0 Å². The van der Waals surface area contributed by atoms with Gasteiger partial charge in [0.2, 0.25) is 0 Å². The molecule has 2 aliphatic heterocycles. The molecule has 0 bridgehead atoms. The van der Waals surface area contributed by atoms with Crippen molar-refractivity contribution in [2.75, 3.05) is 26.7 Å². The number of likely N-dealkylation sites (tertiary alicyclic amines) is 2. The van der Waals surface area contributed by atoms with Gasteiger partial charge in [0.05, 0.1) is 4.47 Å². The zero-order valence-electron chi connectivity index (χ0n) is 12.8. The van der Waals surface area contributed by atoms with Crippen molar-refractivity contribution in [1.29, 1.82) is 0 Å². The molecule has 2 saturated heterocycles. The topological polar surface area (TPSA) is 52.2 Å². The molecule has 0 aliphatic carbocycles. The van der Waals surface area contributed by atoms with E-state index in [-0.39, 0.29) is 5.91 Å². The number of halogens is 1. The van der Waals surface area contributed by atoms with Gasteiger partial charge in [-0.1, -0.05) is 6.92 Å². The maximum Gasteiger partial charge on any atom is 0.275 e. The minimum absolute atomic E-state index is 0.0494. The molecule has 1 amide bonds. The standard InChI is InChI=1S/C15H23BrN4O/c1-3-11-12(16)13(18-17-11)14(21)20-9-6-15(7-10-20)5-4-8-19(15)2/h3-10H2,1-2H3,(H,17,18). The molecule has 0 unspecified atom stereocenters. The Morgan fingerprint density at radius 3 is 2.57 bits per heavy atom. The Hall–Kier alpha value is -0.880. The normalized spacial score (nSPS) is 22.1. The van der Waals surface area contributed by atoms with Crippen molar-refractivity contribution in [3.05, 3.63) is 15.9 Å². The van der Waals surface area contributed by atoms with Crippen LogP contribution < -0.4 is 0 Å². The van der Waals surface area contributed by atoms with Crippen molar-refractivity contribution < 1.29 is 4.79 Å². The molecule has 1 aromatic rings. The predicted molar refractivity (Wildman–Crippen MR) is 85.4 cm³/mol. The van der Waals surface area contributed by atoms with Gasteiger partial charge >= 0.3 is 0 Å². The Bertz CT molecular complexity index is 534. The molecule has 1 N–H and O–H groups in total. The molecule has 1 aromatic heterocycles. The lowest BCUT2D eigenvalue weighted by Crippen LogP contribution is -2.52. The average Bonchev–Trinajstić information content (AvgIpc) is 3.03. The highest BCUT2D eigenvalue weighted by atomic mass is 79.9. The fourth-order valence-corrected chi connectivity index (χ4v) is 4.35. The molecule has 0 radical (unpaired) electrons. The van der Waals surface area contributed by atoms with E-state index in [1.165, 1.54) is 19.4 Å². The van der Waals surface area contributed by atoms with E-state index >= 15 is 0 Å². The van der Waals surface area contributed by atoms with Crippen molar-refractivity contribution in [3.8, 4) is 0 Å². The molecular weight excluding hydrogens is 332 g/mol. The summed E-state index contributed by atoms with van der Waals surface area (Å²) in [6.45, 7) is 4.92. The zero-order valence-corrected chi connectivity index (χ0v) is 14.4. The minimum atomic E-state index is 0.0494. The van der Waals surface area contributed by atoms with E-state index in [2.05, 4.69) is 38.1 Å². The number of carbonyl (C=O) groups is 1. The van der Waals surface area contributed by atoms with E-state index in [9.17, 15) is 4.79 Å². The molecule has 116 valence electrons. The number of rotatable bonds is 2. The minimum Gasteiger partial charge on any atom is -0.337 e. The second-order valence-electron chi connectivity index (χ2n) is 6.26. The summed E-state index contributed by atoms with van der Waals surface area (Å²) in [4.78, 5) is 17.1. The van der Waals surface area contributed by atoms with Crippen molar-refractivity contribution in [1.82, 2.24) is 20.0 Å². The third-order valence-electron chi connectivity index (χ3n) is 5.26. The molecule has 1 spiro atoms. The Labute approximate surface area is 134 Å². The maximum atomic E-state index is 12.6. The van der Waals surface area contributed by atoms with Gasteiger partial charge in [-0.05, 0) is 61.6 Å². The fourth-order valence-electron chi connectivity index (χ4n) is 3.72. The molecule has 2 aliphatic rings. The molecule has 0 saturated carbocycles. The highest BCUT2D eigenvalue weighted by molar-refractivity contribution is 9.10. The number of nitrogens with one attached hydrogen (secondary N) is 1. The Balaban J connectivity index is 1.69. The van der Waals surface area contributed by atoms with Gasteiger partial charge in [-0.25, -0.2) is 0 Å². The lowest BCUT2D eigenvalue weighted by molar-refractivity contribution is 0.0487. The number of aryl methyl sites for hydroxylation is 1. The molecule has 2 fully saturated rings. The fraction of sp³-hybridized carbons (Fsp3) is 0.733. The van der Waals surface area contributed by atoms with Crippen LogP contribution in [0.4, 0.5) is 0 Å². The van der Waals surface area contributed by atoms with Crippen molar-refractivity contribution in [2.45, 2.75) is 44.6 Å². The molecule has 5 nitrogen and oxygen atoms in total. The van der Waals surface area contributed by atoms with Gasteiger partial charge in [-0.15, -0.1) is 0 Å². The number of hydrogen-bond donors (Lipinski definition) is 1. The van der Waals surface area contributed by atoms with Crippen LogP contribution in [0.2, 0.25) is 0 Å². The van der Waals surface area contributed by atoms with E-state index in [1.54, 1.807) is 0 Å². The van der Waals surface area contributed by atoms with Crippen LogP contribution in [0.3, 0.4) is 0 Å². The van der Waals surface area contributed by atoms with Crippen molar-refractivity contribution in [2.24, 2.45) is 0 Å². The largest absolute Gasteiger partial charge is 0.337 e. The number of aromatic nitrogens is 2. The number of hydrogen-bond acceptors (Lipinski definition) is 3. The first-order valence-corrected chi connectivity index (χ1v) is 8.60. The van der Waals surface area contributed by atoms with Gasteiger partial charge in [0.25, 0.3) is 5.91 Å². The smallest absolute Gasteiger partial charge is 0.275 e. The first-order valence-electron chi connectivity index (χ1n) is 7.80. The highest BCUT2D eigenvalue weighted by Gasteiger charge is 2.42. The quantitative estimate of drug-likeness (QED) is 0.887. The number of piperidine rings is 1. The van der Waals surface area contributed by atoms with Gasteiger partial charge in [0.15, 0.2) is 5.69 Å². The first kappa shape index (κ1) is 15.0. The Morgan fingerprint density at radius 1 is 1.33 bits per heavy atom. The summed E-state index contributed by atoms with van der Waals surface area (Å²) in [6.07, 6.45) is 5.57. The summed E-state index contributed by atoms with van der Waals surface area (Å²) in [7, 11) is 2.22. The van der Waals surface area contributed by atoms with Crippen LogP contribution in [-0.2, 0) is 6.42 Å². The number of amides is 1. The van der Waals surface area contributed by atoms with E-state index in [0.717, 1.165) is 42.5 Å². The molecule has 3 rings (SSSR count). The SMILES string of the molecule is CCc1[nH]nc(C(=O)N2CCC3(CCCN3C)CC2)c1Br. The lowest BCUT2D eigenvalue weighted by atomic mass is 9.85. The molecule has 0 atom stereocenters. The van der Waals surface area contributed by atoms with E-state index < -0.39 is 0 Å². The maximum absolute atomic E-state index is 12.6. The number of H-pyrrole nitrogens is 1. The summed E-state index contributed by atoms with van der Waals surface area (Å²) in [5.41, 5.74) is 1.86. The molecule has 21 heavy (non-hydrogen) atoms. The molecular formula is C15H23BrN4O. The third-order valence-corrected chi connectivity index (χ3v) is 6.11. The van der Waals surface area contributed by atoms with Crippen LogP contribution in [-0.4, -0.2) is 58.1 Å². The summed E-state index contributed by atoms with van der Waals surface area (Å²) in [5, 5.41) is 7.14. The average molecular weight is 355 g/mol. The molecule has 6 heteroatoms. The van der Waals surface area contributed by atoms with E-state index in [1.807, 2.05) is 11.8 Å². The number of carbonyl (C=O) groups excluding carboxylic acids is 1. The number of aromatic amines is 1. The summed E-state index contributed by atoms with van der Waals surface area (Å²) in [6, 6.07) is 0. The van der Waals surface area contributed by atoms with Crippen molar-refractivity contribution >= 4 is 21.8 Å². The third kappa shape index (κ3) is 2.52. The van der Waals surface area contributed by atoms with Gasteiger partial charge in [-0.3, -0.25) is 9.89 Å². The van der Waals surface area contributed by atoms with Crippen LogP contribution in [0.25, 0.3) is 0 Å². The van der Waals surface area contributed by atoms with Gasteiger partial charge in [0.1, 0.15) is 0 Å². The van der Waals surface area contributed by atoms with Crippen LogP contribution in [0.1, 0.15) is 48.8 Å². The Morgan fingerprint density at radius 2 is 2.05 bits per heavy atom. The van der Waals surface area contributed by atoms with Gasteiger partial charge in [0, 0.05) is 24.3 Å². The summed E-state index contributed by atoms with van der Waals surface area (Å²) in [5.74, 6) is 0.0494. The first-order chi connectivity index (χ1) is 10.1. The Kier molecular flexibility index (Phi) is 4.10. The second kappa shape index (κ2) is 5.72. The van der Waals surface area contributed by atoms with E-state index in [4.69, 9.17) is 0 Å². The summed E-state index contributed by atoms with van der Waals surface area (Å²) >= 11 is 3.50. The van der Waals surface area contributed by atoms with Gasteiger partial charge < -0.3 is 9.80 Å². The van der Waals surface area contributed by atoms with E-state index in [0.29, 0.717) is 11.2 Å². The van der Waals surface area contributed by atoms with Crippen LogP contribution in [0, 0.1) is 0 Å². The van der Waals surface area contributed by atoms with Crippen molar-refractivity contribution in [3.63, 3.8) is 0 Å². The monoisotopic (exact) mass is 354 g/mol.